The molecule has 0 aromatic carbocycles. The Hall–Kier alpha value is -1.78. The third kappa shape index (κ3) is 2.77. The second kappa shape index (κ2) is 6.77. The highest BCUT2D eigenvalue weighted by atomic mass is 32.2. The van der Waals surface area contributed by atoms with Crippen molar-refractivity contribution in [2.24, 2.45) is 5.92 Å². The van der Waals surface area contributed by atoms with Gasteiger partial charge >= 0.3 is 5.97 Å². The molecule has 0 spiro atoms. The van der Waals surface area contributed by atoms with Crippen LogP contribution in [0.2, 0.25) is 0 Å². The predicted molar refractivity (Wildman–Crippen MR) is 88.6 cm³/mol. The summed E-state index contributed by atoms with van der Waals surface area (Å²) in [7, 11) is 0. The van der Waals surface area contributed by atoms with E-state index >= 15 is 0 Å². The first kappa shape index (κ1) is 16.1. The number of amides is 1. The van der Waals surface area contributed by atoms with Crippen molar-refractivity contribution in [1.82, 2.24) is 4.90 Å². The standard InChI is InChI=1S/C16H16N2O3S2/c1-2-21-16(20)13-12(11-5-3-7-22-11)10(9-17)15-18(14(13)19)6-4-8-23-15/h3,5,7,12-13H,2,4,6,8H2,1H3. The molecule has 2 aliphatic heterocycles. The number of thioether (sulfide) groups is 1. The van der Waals surface area contributed by atoms with Crippen molar-refractivity contribution < 1.29 is 14.3 Å². The Balaban J connectivity index is 2.14. The van der Waals surface area contributed by atoms with E-state index in [-0.39, 0.29) is 12.5 Å². The summed E-state index contributed by atoms with van der Waals surface area (Å²) in [5.41, 5.74) is 0.509. The molecule has 0 bridgehead atoms. The fraction of sp³-hybridized carbons (Fsp3) is 0.438. The molecule has 0 N–H and O–H groups in total. The van der Waals surface area contributed by atoms with Gasteiger partial charge in [0.2, 0.25) is 5.91 Å². The summed E-state index contributed by atoms with van der Waals surface area (Å²) in [6, 6.07) is 5.99. The highest BCUT2D eigenvalue weighted by molar-refractivity contribution is 8.03. The minimum Gasteiger partial charge on any atom is -0.465 e. The summed E-state index contributed by atoms with van der Waals surface area (Å²) in [5.74, 6) is -1.42. The number of rotatable bonds is 3. The van der Waals surface area contributed by atoms with Gasteiger partial charge in [0, 0.05) is 17.2 Å². The molecule has 1 fully saturated rings. The molecule has 5 nitrogen and oxygen atoms in total. The molecule has 1 aromatic rings. The summed E-state index contributed by atoms with van der Waals surface area (Å²) in [5, 5.41) is 12.3. The Morgan fingerprint density at radius 3 is 3.04 bits per heavy atom. The lowest BCUT2D eigenvalue weighted by molar-refractivity contribution is -0.156. The maximum Gasteiger partial charge on any atom is 0.319 e. The Labute approximate surface area is 142 Å². The molecule has 2 atom stereocenters. The fourth-order valence-corrected chi connectivity index (χ4v) is 4.98. The number of esters is 1. The lowest BCUT2D eigenvalue weighted by atomic mass is 9.81. The number of carbonyl (C=O) groups excluding carboxylic acids is 2. The van der Waals surface area contributed by atoms with Crippen LogP contribution in [0.5, 0.6) is 0 Å². The SMILES string of the molecule is CCOC(=O)C1C(=O)N2CCCSC2=C(C#N)C1c1cccs1. The predicted octanol–water partition coefficient (Wildman–Crippen LogP) is 2.73. The average Bonchev–Trinajstić information content (AvgIpc) is 3.09. The topological polar surface area (TPSA) is 70.4 Å². The van der Waals surface area contributed by atoms with Gasteiger partial charge in [0.05, 0.1) is 29.2 Å². The van der Waals surface area contributed by atoms with Crippen LogP contribution in [-0.4, -0.2) is 35.7 Å². The number of fused-ring (bicyclic) bond motifs is 1. The first-order valence-corrected chi connectivity index (χ1v) is 9.34. The molecule has 3 heterocycles. The Kier molecular flexibility index (Phi) is 4.74. The van der Waals surface area contributed by atoms with E-state index in [1.165, 1.54) is 23.1 Å². The minimum absolute atomic E-state index is 0.215. The van der Waals surface area contributed by atoms with Crippen LogP contribution in [-0.2, 0) is 14.3 Å². The van der Waals surface area contributed by atoms with Crippen molar-refractivity contribution in [1.29, 1.82) is 5.26 Å². The zero-order valence-electron chi connectivity index (χ0n) is 12.7. The number of carbonyl (C=O) groups is 2. The molecule has 1 aromatic heterocycles. The Bertz CT molecular complexity index is 691. The average molecular weight is 348 g/mol. The van der Waals surface area contributed by atoms with Gasteiger partial charge in [0.1, 0.15) is 5.92 Å². The number of nitrogens with zero attached hydrogens (tertiary/aromatic N) is 2. The number of allylic oxidation sites excluding steroid dienone is 1. The van der Waals surface area contributed by atoms with E-state index in [0.717, 1.165) is 17.1 Å². The van der Waals surface area contributed by atoms with Gasteiger partial charge in [-0.2, -0.15) is 5.26 Å². The van der Waals surface area contributed by atoms with Gasteiger partial charge in [-0.05, 0) is 24.8 Å². The normalized spacial score (nSPS) is 24.2. The van der Waals surface area contributed by atoms with Crippen LogP contribution in [0.15, 0.2) is 28.1 Å². The van der Waals surface area contributed by atoms with Crippen molar-refractivity contribution in [3.63, 3.8) is 0 Å². The molecule has 7 heteroatoms. The summed E-state index contributed by atoms with van der Waals surface area (Å²) in [6.07, 6.45) is 0.859. The van der Waals surface area contributed by atoms with Crippen LogP contribution in [0.25, 0.3) is 0 Å². The number of hydrogen-bond acceptors (Lipinski definition) is 6. The van der Waals surface area contributed by atoms with Gasteiger partial charge < -0.3 is 9.64 Å². The van der Waals surface area contributed by atoms with Crippen molar-refractivity contribution in [3.05, 3.63) is 33.0 Å². The molecule has 0 aliphatic carbocycles. The van der Waals surface area contributed by atoms with Gasteiger partial charge in [-0.15, -0.1) is 23.1 Å². The Morgan fingerprint density at radius 1 is 1.57 bits per heavy atom. The molecule has 0 radical (unpaired) electrons. The molecule has 1 saturated heterocycles. The molecule has 23 heavy (non-hydrogen) atoms. The zero-order valence-corrected chi connectivity index (χ0v) is 14.3. The third-order valence-electron chi connectivity index (χ3n) is 3.93. The van der Waals surface area contributed by atoms with Crippen LogP contribution < -0.4 is 0 Å². The van der Waals surface area contributed by atoms with Crippen LogP contribution in [0.3, 0.4) is 0 Å². The van der Waals surface area contributed by atoms with E-state index in [9.17, 15) is 14.9 Å². The molecule has 2 aliphatic rings. The number of hydrogen-bond donors (Lipinski definition) is 0. The zero-order chi connectivity index (χ0) is 16.4. The van der Waals surface area contributed by atoms with E-state index in [1.807, 2.05) is 17.5 Å². The minimum atomic E-state index is -0.967. The smallest absolute Gasteiger partial charge is 0.319 e. The van der Waals surface area contributed by atoms with Crippen molar-refractivity contribution in [2.75, 3.05) is 18.9 Å². The first-order valence-electron chi connectivity index (χ1n) is 7.47. The van der Waals surface area contributed by atoms with Crippen molar-refractivity contribution in [3.8, 4) is 6.07 Å². The van der Waals surface area contributed by atoms with Gasteiger partial charge in [0.25, 0.3) is 0 Å². The largest absolute Gasteiger partial charge is 0.465 e. The van der Waals surface area contributed by atoms with Crippen LogP contribution in [0, 0.1) is 17.2 Å². The number of thiophene rings is 1. The summed E-state index contributed by atoms with van der Waals surface area (Å²) in [6.45, 7) is 2.49. The van der Waals surface area contributed by atoms with Crippen LogP contribution in [0.1, 0.15) is 24.1 Å². The highest BCUT2D eigenvalue weighted by Gasteiger charge is 2.48. The molecule has 1 amide bonds. The van der Waals surface area contributed by atoms with Crippen molar-refractivity contribution >= 4 is 35.0 Å². The van der Waals surface area contributed by atoms with Gasteiger partial charge in [-0.3, -0.25) is 9.59 Å². The first-order chi connectivity index (χ1) is 11.2. The molecule has 0 saturated carbocycles. The molecule has 120 valence electrons. The highest BCUT2D eigenvalue weighted by Crippen LogP contribution is 2.46. The lowest BCUT2D eigenvalue weighted by Crippen LogP contribution is -2.48. The summed E-state index contributed by atoms with van der Waals surface area (Å²) >= 11 is 2.98. The third-order valence-corrected chi connectivity index (χ3v) is 6.09. The molecular weight excluding hydrogens is 332 g/mol. The monoisotopic (exact) mass is 348 g/mol. The van der Waals surface area contributed by atoms with E-state index in [2.05, 4.69) is 6.07 Å². The maximum atomic E-state index is 12.9. The number of nitriles is 1. The molecular formula is C16H16N2O3S2. The van der Waals surface area contributed by atoms with E-state index < -0.39 is 17.8 Å². The quantitative estimate of drug-likeness (QED) is 0.620. The fourth-order valence-electron chi connectivity index (χ4n) is 2.98. The van der Waals surface area contributed by atoms with E-state index in [0.29, 0.717) is 17.1 Å². The summed E-state index contributed by atoms with van der Waals surface area (Å²) < 4.78 is 5.13. The molecule has 2 unspecified atom stereocenters. The van der Waals surface area contributed by atoms with Gasteiger partial charge in [0.15, 0.2) is 0 Å². The van der Waals surface area contributed by atoms with Gasteiger partial charge in [-0.25, -0.2) is 0 Å². The maximum absolute atomic E-state index is 12.9. The summed E-state index contributed by atoms with van der Waals surface area (Å²) in [4.78, 5) is 27.8. The van der Waals surface area contributed by atoms with Crippen LogP contribution >= 0.6 is 23.1 Å². The molecule has 3 rings (SSSR count). The van der Waals surface area contributed by atoms with E-state index in [1.54, 1.807) is 11.8 Å². The van der Waals surface area contributed by atoms with E-state index in [4.69, 9.17) is 4.74 Å². The number of ether oxygens (including phenoxy) is 1. The van der Waals surface area contributed by atoms with Gasteiger partial charge in [-0.1, -0.05) is 6.07 Å². The lowest BCUT2D eigenvalue weighted by Gasteiger charge is -2.39. The second-order valence-corrected chi connectivity index (χ2v) is 7.31. The second-order valence-electron chi connectivity index (χ2n) is 5.25. The Morgan fingerprint density at radius 2 is 2.39 bits per heavy atom. The van der Waals surface area contributed by atoms with Crippen LogP contribution in [0.4, 0.5) is 0 Å². The van der Waals surface area contributed by atoms with Crippen molar-refractivity contribution in [2.45, 2.75) is 19.3 Å².